The summed E-state index contributed by atoms with van der Waals surface area (Å²) in [6.07, 6.45) is 3.50. The fraction of sp³-hybridized carbons (Fsp3) is 0.400. The van der Waals surface area contributed by atoms with E-state index in [1.807, 2.05) is 0 Å². The van der Waals surface area contributed by atoms with Crippen LogP contribution in [-0.4, -0.2) is 25.1 Å². The van der Waals surface area contributed by atoms with Gasteiger partial charge >= 0.3 is 0 Å². The Morgan fingerprint density at radius 1 is 1.13 bits per heavy atom. The van der Waals surface area contributed by atoms with Crippen LogP contribution in [0.3, 0.4) is 0 Å². The number of hydrogen-bond acceptors (Lipinski definition) is 2. The minimum absolute atomic E-state index is 0. The first-order valence-corrected chi connectivity index (χ1v) is 8.35. The minimum Gasteiger partial charge on any atom is -0.496 e. The molecule has 0 radical (unpaired) electrons. The van der Waals surface area contributed by atoms with E-state index in [9.17, 15) is 0 Å². The third-order valence-electron chi connectivity index (χ3n) is 5.16. The molecule has 0 N–H and O–H groups in total. The fourth-order valence-corrected chi connectivity index (χ4v) is 4.26. The first-order valence-electron chi connectivity index (χ1n) is 8.35. The van der Waals surface area contributed by atoms with Gasteiger partial charge in [-0.1, -0.05) is 37.3 Å². The van der Waals surface area contributed by atoms with Crippen molar-refractivity contribution in [2.24, 2.45) is 0 Å². The highest BCUT2D eigenvalue weighted by molar-refractivity contribution is 8.93. The molecule has 23 heavy (non-hydrogen) atoms. The van der Waals surface area contributed by atoms with Crippen molar-refractivity contribution in [2.45, 2.75) is 32.2 Å². The minimum atomic E-state index is 0. The van der Waals surface area contributed by atoms with Crippen LogP contribution in [0.2, 0.25) is 0 Å². The number of nitrogens with zero attached hydrogens (tertiary/aromatic N) is 1. The molecule has 0 amide bonds. The van der Waals surface area contributed by atoms with Crippen molar-refractivity contribution >= 4 is 17.0 Å². The van der Waals surface area contributed by atoms with Crippen molar-refractivity contribution in [2.75, 3.05) is 20.2 Å². The SMILES string of the molecule is Br.CCCN1CCc2cccc3c2C1Cc1cccc(OC)c1-3. The highest BCUT2D eigenvalue weighted by Crippen LogP contribution is 2.48. The van der Waals surface area contributed by atoms with Gasteiger partial charge in [0.15, 0.2) is 0 Å². The topological polar surface area (TPSA) is 12.5 Å². The Kier molecular flexibility index (Phi) is 4.79. The predicted octanol–water partition coefficient (Wildman–Crippen LogP) is 4.81. The standard InChI is InChI=1S/C20H23NO.BrH/c1-3-11-21-12-10-14-6-4-8-16-19(14)17(21)13-15-7-5-9-18(22-2)20(15)16;/h4-9,17H,3,10-13H2,1-2H3;1H. The van der Waals surface area contributed by atoms with Gasteiger partial charge in [-0.25, -0.2) is 0 Å². The number of halogens is 1. The number of ether oxygens (including phenoxy) is 1. The monoisotopic (exact) mass is 373 g/mol. The summed E-state index contributed by atoms with van der Waals surface area (Å²) in [4.78, 5) is 2.67. The van der Waals surface area contributed by atoms with E-state index < -0.39 is 0 Å². The summed E-state index contributed by atoms with van der Waals surface area (Å²) in [5.41, 5.74) is 7.22. The summed E-state index contributed by atoms with van der Waals surface area (Å²) < 4.78 is 5.66. The van der Waals surface area contributed by atoms with Crippen LogP contribution in [0.5, 0.6) is 5.75 Å². The van der Waals surface area contributed by atoms with Crippen molar-refractivity contribution in [3.05, 3.63) is 53.1 Å². The van der Waals surface area contributed by atoms with Gasteiger partial charge < -0.3 is 4.74 Å². The second-order valence-electron chi connectivity index (χ2n) is 6.38. The molecule has 1 unspecified atom stereocenters. The zero-order valence-electron chi connectivity index (χ0n) is 13.8. The van der Waals surface area contributed by atoms with E-state index in [2.05, 4.69) is 48.2 Å². The molecule has 1 heterocycles. The molecule has 3 heteroatoms. The Morgan fingerprint density at radius 2 is 1.91 bits per heavy atom. The van der Waals surface area contributed by atoms with Crippen LogP contribution in [0, 0.1) is 0 Å². The Balaban J connectivity index is 0.00000156. The van der Waals surface area contributed by atoms with Crippen LogP contribution in [0.4, 0.5) is 0 Å². The number of benzene rings is 2. The van der Waals surface area contributed by atoms with Gasteiger partial charge in [0.1, 0.15) is 5.75 Å². The molecule has 122 valence electrons. The molecule has 4 rings (SSSR count). The first-order chi connectivity index (χ1) is 10.8. The maximum absolute atomic E-state index is 5.66. The fourth-order valence-electron chi connectivity index (χ4n) is 4.26. The Hall–Kier alpha value is -1.32. The maximum atomic E-state index is 5.66. The van der Waals surface area contributed by atoms with Gasteiger partial charge in [0, 0.05) is 18.2 Å². The molecular formula is C20H24BrNO. The van der Waals surface area contributed by atoms with Crippen LogP contribution >= 0.6 is 17.0 Å². The van der Waals surface area contributed by atoms with Crippen LogP contribution in [0.25, 0.3) is 11.1 Å². The maximum Gasteiger partial charge on any atom is 0.126 e. The molecule has 1 atom stereocenters. The van der Waals surface area contributed by atoms with Crippen LogP contribution < -0.4 is 4.74 Å². The van der Waals surface area contributed by atoms with E-state index >= 15 is 0 Å². The van der Waals surface area contributed by atoms with Gasteiger partial charge in [0.25, 0.3) is 0 Å². The first kappa shape index (κ1) is 16.5. The second-order valence-corrected chi connectivity index (χ2v) is 6.38. The van der Waals surface area contributed by atoms with Gasteiger partial charge in [-0.2, -0.15) is 0 Å². The third kappa shape index (κ3) is 2.60. The summed E-state index contributed by atoms with van der Waals surface area (Å²) in [7, 11) is 1.78. The zero-order valence-corrected chi connectivity index (χ0v) is 15.6. The van der Waals surface area contributed by atoms with Gasteiger partial charge in [-0.05, 0) is 54.1 Å². The molecule has 2 aromatic rings. The summed E-state index contributed by atoms with van der Waals surface area (Å²) >= 11 is 0. The average molecular weight is 374 g/mol. The van der Waals surface area contributed by atoms with E-state index in [-0.39, 0.29) is 17.0 Å². The van der Waals surface area contributed by atoms with E-state index in [0.29, 0.717) is 6.04 Å². The number of fused-ring (bicyclic) bond motifs is 2. The van der Waals surface area contributed by atoms with Crippen molar-refractivity contribution < 1.29 is 4.74 Å². The number of methoxy groups -OCH3 is 1. The molecule has 0 spiro atoms. The summed E-state index contributed by atoms with van der Waals surface area (Å²) in [6, 6.07) is 13.8. The lowest BCUT2D eigenvalue weighted by atomic mass is 9.77. The number of rotatable bonds is 3. The van der Waals surface area contributed by atoms with Crippen LogP contribution in [0.1, 0.15) is 36.1 Å². The zero-order chi connectivity index (χ0) is 15.1. The lowest BCUT2D eigenvalue weighted by molar-refractivity contribution is 0.183. The second kappa shape index (κ2) is 6.66. The van der Waals surface area contributed by atoms with Crippen molar-refractivity contribution in [1.29, 1.82) is 0 Å². The normalized spacial score (nSPS) is 18.6. The molecule has 2 nitrogen and oxygen atoms in total. The highest BCUT2D eigenvalue weighted by atomic mass is 79.9. The molecule has 2 aliphatic rings. The van der Waals surface area contributed by atoms with Gasteiger partial charge in [-0.15, -0.1) is 17.0 Å². The quantitative estimate of drug-likeness (QED) is 0.765. The van der Waals surface area contributed by atoms with Crippen LogP contribution in [0.15, 0.2) is 36.4 Å². The van der Waals surface area contributed by atoms with E-state index in [1.54, 1.807) is 12.7 Å². The van der Waals surface area contributed by atoms with Gasteiger partial charge in [0.2, 0.25) is 0 Å². The lowest BCUT2D eigenvalue weighted by Crippen LogP contribution is -2.38. The predicted molar refractivity (Wildman–Crippen MR) is 101 cm³/mol. The number of hydrogen-bond donors (Lipinski definition) is 0. The van der Waals surface area contributed by atoms with E-state index in [1.165, 1.54) is 48.2 Å². The molecule has 0 aromatic heterocycles. The smallest absolute Gasteiger partial charge is 0.126 e. The molecule has 0 saturated heterocycles. The van der Waals surface area contributed by atoms with E-state index in [4.69, 9.17) is 4.74 Å². The highest BCUT2D eigenvalue weighted by Gasteiger charge is 2.34. The van der Waals surface area contributed by atoms with Crippen molar-refractivity contribution in [1.82, 2.24) is 4.90 Å². The van der Waals surface area contributed by atoms with Crippen LogP contribution in [-0.2, 0) is 12.8 Å². The molecule has 0 saturated carbocycles. The molecule has 0 fully saturated rings. The molecular weight excluding hydrogens is 350 g/mol. The molecule has 1 aliphatic carbocycles. The summed E-state index contributed by atoms with van der Waals surface area (Å²) in [5.74, 6) is 1.01. The average Bonchev–Trinajstić information content (AvgIpc) is 2.57. The van der Waals surface area contributed by atoms with E-state index in [0.717, 1.165) is 12.2 Å². The Labute approximate surface area is 149 Å². The molecule has 0 bridgehead atoms. The summed E-state index contributed by atoms with van der Waals surface area (Å²) in [6.45, 7) is 4.66. The van der Waals surface area contributed by atoms with Crippen molar-refractivity contribution in [3.8, 4) is 16.9 Å². The summed E-state index contributed by atoms with van der Waals surface area (Å²) in [5, 5.41) is 0. The Bertz CT molecular complexity index is 713. The van der Waals surface area contributed by atoms with Crippen molar-refractivity contribution in [3.63, 3.8) is 0 Å². The Morgan fingerprint density at radius 3 is 2.70 bits per heavy atom. The lowest BCUT2D eigenvalue weighted by Gasteiger charge is -2.41. The van der Waals surface area contributed by atoms with Gasteiger partial charge in [-0.3, -0.25) is 4.90 Å². The molecule has 2 aromatic carbocycles. The largest absolute Gasteiger partial charge is 0.496 e. The van der Waals surface area contributed by atoms with Gasteiger partial charge in [0.05, 0.1) is 7.11 Å². The third-order valence-corrected chi connectivity index (χ3v) is 5.16. The molecule has 1 aliphatic heterocycles.